The van der Waals surface area contributed by atoms with E-state index in [1.807, 2.05) is 25.7 Å². The molecule has 1 N–H and O–H groups in total. The van der Waals surface area contributed by atoms with Crippen molar-refractivity contribution >= 4 is 29.6 Å². The summed E-state index contributed by atoms with van der Waals surface area (Å²) in [5.74, 6) is 1.06. The van der Waals surface area contributed by atoms with Crippen LogP contribution in [0.4, 0.5) is 16.7 Å². The van der Waals surface area contributed by atoms with Crippen LogP contribution in [0.2, 0.25) is 5.28 Å². The average molecular weight is 511 g/mol. The van der Waals surface area contributed by atoms with Gasteiger partial charge in [-0.2, -0.15) is 15.0 Å². The molecule has 1 fully saturated rings. The maximum Gasteiger partial charge on any atom is 0.410 e. The van der Waals surface area contributed by atoms with Crippen LogP contribution in [0.5, 0.6) is 0 Å². The molecule has 0 aliphatic carbocycles. The average Bonchev–Trinajstić information content (AvgIpc) is 2.81. The molecule has 2 rings (SSSR count). The van der Waals surface area contributed by atoms with Crippen LogP contribution >= 0.6 is 11.6 Å². The van der Waals surface area contributed by atoms with E-state index in [9.17, 15) is 4.79 Å². The van der Waals surface area contributed by atoms with Gasteiger partial charge in [0.15, 0.2) is 0 Å². The number of nitrogens with one attached hydrogen (secondary N) is 1. The Bertz CT molecular complexity index is 735. The fraction of sp³-hybridized carbons (Fsp3) is 0.846. The van der Waals surface area contributed by atoms with Gasteiger partial charge in [-0.15, -0.1) is 0 Å². The van der Waals surface area contributed by atoms with E-state index in [-0.39, 0.29) is 11.4 Å². The van der Waals surface area contributed by atoms with Gasteiger partial charge >= 0.3 is 6.09 Å². The molecule has 1 aromatic rings. The van der Waals surface area contributed by atoms with Crippen molar-refractivity contribution in [2.45, 2.75) is 110 Å². The molecule has 1 aliphatic heterocycles. The Balaban J connectivity index is 1.61. The highest BCUT2D eigenvalue weighted by Gasteiger charge is 2.27. The van der Waals surface area contributed by atoms with Crippen molar-refractivity contribution in [3.05, 3.63) is 5.28 Å². The molecule has 0 radical (unpaired) electrons. The molecule has 1 saturated heterocycles. The van der Waals surface area contributed by atoms with Crippen LogP contribution < -0.4 is 10.2 Å². The normalized spacial score (nSPS) is 14.3. The summed E-state index contributed by atoms with van der Waals surface area (Å²) in [5, 5.41) is 3.48. The molecule has 35 heavy (non-hydrogen) atoms. The molecule has 1 amide bonds. The quantitative estimate of drug-likeness (QED) is 0.263. The molecule has 200 valence electrons. The van der Waals surface area contributed by atoms with E-state index in [0.29, 0.717) is 38.1 Å². The second-order valence-electron chi connectivity index (χ2n) is 10.5. The van der Waals surface area contributed by atoms with E-state index in [1.54, 1.807) is 4.90 Å². The molecule has 0 spiro atoms. The van der Waals surface area contributed by atoms with Crippen LogP contribution in [0, 0.1) is 0 Å². The summed E-state index contributed by atoms with van der Waals surface area (Å²) in [6, 6.07) is 0. The summed E-state index contributed by atoms with van der Waals surface area (Å²) in [5.41, 5.74) is -0.496. The third-order valence-electron chi connectivity index (χ3n) is 6.12. The number of amides is 1. The van der Waals surface area contributed by atoms with Crippen LogP contribution in [-0.2, 0) is 4.74 Å². The SMILES string of the molecule is CCCCCCCCCCCCCCNc1nc(Cl)nc(N2CCN(C(=O)OC(C)(C)C)CC2)n1. The maximum atomic E-state index is 12.3. The number of unbranched alkanes of at least 4 members (excludes halogenated alkanes) is 11. The van der Waals surface area contributed by atoms with E-state index in [0.717, 1.165) is 13.0 Å². The van der Waals surface area contributed by atoms with Crippen molar-refractivity contribution in [1.29, 1.82) is 0 Å². The zero-order valence-electron chi connectivity index (χ0n) is 22.5. The highest BCUT2D eigenvalue weighted by Crippen LogP contribution is 2.18. The third-order valence-corrected chi connectivity index (χ3v) is 6.29. The Kier molecular flexibility index (Phi) is 13.5. The first-order valence-corrected chi connectivity index (χ1v) is 14.0. The lowest BCUT2D eigenvalue weighted by Crippen LogP contribution is -2.50. The maximum absolute atomic E-state index is 12.3. The van der Waals surface area contributed by atoms with Crippen molar-refractivity contribution in [3.63, 3.8) is 0 Å². The number of nitrogens with zero attached hydrogens (tertiary/aromatic N) is 5. The summed E-state index contributed by atoms with van der Waals surface area (Å²) in [6.07, 6.45) is 15.7. The molecule has 9 heteroatoms. The third kappa shape index (κ3) is 12.6. The van der Waals surface area contributed by atoms with Crippen LogP contribution in [0.25, 0.3) is 0 Å². The number of rotatable bonds is 15. The molecule has 0 aromatic carbocycles. The highest BCUT2D eigenvalue weighted by molar-refractivity contribution is 6.28. The minimum Gasteiger partial charge on any atom is -0.444 e. The Morgan fingerprint density at radius 3 is 1.94 bits per heavy atom. The van der Waals surface area contributed by atoms with E-state index < -0.39 is 5.60 Å². The molecule has 0 bridgehead atoms. The number of aromatic nitrogens is 3. The fourth-order valence-corrected chi connectivity index (χ4v) is 4.30. The summed E-state index contributed by atoms with van der Waals surface area (Å²) < 4.78 is 5.47. The van der Waals surface area contributed by atoms with E-state index >= 15 is 0 Å². The monoisotopic (exact) mass is 510 g/mol. The van der Waals surface area contributed by atoms with Gasteiger partial charge in [0.25, 0.3) is 0 Å². The van der Waals surface area contributed by atoms with Crippen LogP contribution in [0.15, 0.2) is 0 Å². The van der Waals surface area contributed by atoms with Crippen LogP contribution in [0.1, 0.15) is 105 Å². The number of ether oxygens (including phenoxy) is 1. The summed E-state index contributed by atoms with van der Waals surface area (Å²) in [4.78, 5) is 29.1. The Morgan fingerprint density at radius 2 is 1.40 bits per heavy atom. The van der Waals surface area contributed by atoms with Gasteiger partial charge in [-0.05, 0) is 38.8 Å². The standard InChI is InChI=1S/C26H47ClN6O2/c1-5-6-7-8-9-10-11-12-13-14-15-16-17-28-23-29-22(27)30-24(31-23)32-18-20-33(21-19-32)25(34)35-26(2,3)4/h5-21H2,1-4H3,(H,28,29,30,31). The van der Waals surface area contributed by atoms with Gasteiger partial charge in [-0.25, -0.2) is 4.79 Å². The predicted molar refractivity (Wildman–Crippen MR) is 144 cm³/mol. The van der Waals surface area contributed by atoms with Gasteiger partial charge in [-0.3, -0.25) is 0 Å². The molecule has 1 aliphatic rings. The lowest BCUT2D eigenvalue weighted by molar-refractivity contribution is 0.0240. The van der Waals surface area contributed by atoms with Gasteiger partial charge in [-0.1, -0.05) is 77.6 Å². The number of carbonyl (C=O) groups excluding carboxylic acids is 1. The lowest BCUT2D eigenvalue weighted by Gasteiger charge is -2.35. The first kappa shape index (κ1) is 29.4. The van der Waals surface area contributed by atoms with E-state index in [4.69, 9.17) is 16.3 Å². The lowest BCUT2D eigenvalue weighted by atomic mass is 10.1. The molecule has 0 saturated carbocycles. The van der Waals surface area contributed by atoms with Crippen molar-refractivity contribution in [2.75, 3.05) is 42.9 Å². The smallest absolute Gasteiger partial charge is 0.410 e. The number of carbonyl (C=O) groups is 1. The van der Waals surface area contributed by atoms with Gasteiger partial charge in [0.2, 0.25) is 17.2 Å². The van der Waals surface area contributed by atoms with Gasteiger partial charge < -0.3 is 19.9 Å². The first-order chi connectivity index (χ1) is 16.8. The summed E-state index contributed by atoms with van der Waals surface area (Å²) >= 11 is 6.17. The zero-order chi connectivity index (χ0) is 25.5. The number of anilines is 2. The topological polar surface area (TPSA) is 83.5 Å². The van der Waals surface area contributed by atoms with Crippen LogP contribution in [-0.4, -0.2) is 64.3 Å². The Morgan fingerprint density at radius 1 is 0.857 bits per heavy atom. The van der Waals surface area contributed by atoms with Gasteiger partial charge in [0, 0.05) is 32.7 Å². The minimum absolute atomic E-state index is 0.182. The van der Waals surface area contributed by atoms with E-state index in [1.165, 1.54) is 70.6 Å². The number of piperazine rings is 1. The van der Waals surface area contributed by atoms with Crippen molar-refractivity contribution in [3.8, 4) is 0 Å². The Hall–Kier alpha value is -1.83. The largest absolute Gasteiger partial charge is 0.444 e. The number of hydrogen-bond acceptors (Lipinski definition) is 7. The Labute approximate surface area is 217 Å². The second kappa shape index (κ2) is 16.0. The van der Waals surface area contributed by atoms with Crippen molar-refractivity contribution in [2.24, 2.45) is 0 Å². The van der Waals surface area contributed by atoms with Crippen LogP contribution in [0.3, 0.4) is 0 Å². The minimum atomic E-state index is -0.496. The molecule has 1 aromatic heterocycles. The fourth-order valence-electron chi connectivity index (χ4n) is 4.14. The molecule has 0 unspecified atom stereocenters. The molecule has 8 nitrogen and oxygen atoms in total. The highest BCUT2D eigenvalue weighted by atomic mass is 35.5. The van der Waals surface area contributed by atoms with Crippen molar-refractivity contribution in [1.82, 2.24) is 19.9 Å². The zero-order valence-corrected chi connectivity index (χ0v) is 23.2. The molecular formula is C26H47ClN6O2. The van der Waals surface area contributed by atoms with Gasteiger partial charge in [0.1, 0.15) is 5.60 Å². The summed E-state index contributed by atoms with van der Waals surface area (Å²) in [7, 11) is 0. The van der Waals surface area contributed by atoms with E-state index in [2.05, 4.69) is 27.2 Å². The number of halogens is 1. The number of hydrogen-bond donors (Lipinski definition) is 1. The molecule has 2 heterocycles. The van der Waals surface area contributed by atoms with Gasteiger partial charge in [0.05, 0.1) is 0 Å². The first-order valence-electron chi connectivity index (χ1n) is 13.7. The summed E-state index contributed by atoms with van der Waals surface area (Å²) in [6.45, 7) is 11.1. The predicted octanol–water partition coefficient (Wildman–Crippen LogP) is 6.70. The van der Waals surface area contributed by atoms with Crippen molar-refractivity contribution < 1.29 is 9.53 Å². The molecule has 0 atom stereocenters. The second-order valence-corrected chi connectivity index (χ2v) is 10.8. The molecular weight excluding hydrogens is 464 g/mol.